The average molecular weight is 312 g/mol. The molecule has 3 unspecified atom stereocenters. The Morgan fingerprint density at radius 3 is 2.81 bits per heavy atom. The van der Waals surface area contributed by atoms with Gasteiger partial charge in [-0.25, -0.2) is 4.79 Å². The first-order valence-corrected chi connectivity index (χ1v) is 8.16. The fraction of sp³-hybridized carbons (Fsp3) is 0.688. The quantitative estimate of drug-likeness (QED) is 0.338. The lowest BCUT2D eigenvalue weighted by Gasteiger charge is -2.32. The van der Waals surface area contributed by atoms with Crippen molar-refractivity contribution in [2.75, 3.05) is 13.7 Å². The van der Waals surface area contributed by atoms with Gasteiger partial charge in [0, 0.05) is 18.8 Å². The first kappa shape index (κ1) is 16.7. The van der Waals surface area contributed by atoms with Crippen LogP contribution in [0.15, 0.2) is 24.0 Å². The SMILES string of the molecule is C=CCC(/C=C(/P)C(=O)OC)C1COC2(CCCCC2)O1. The van der Waals surface area contributed by atoms with Crippen molar-refractivity contribution in [3.8, 4) is 0 Å². The molecule has 2 rings (SSSR count). The molecule has 21 heavy (non-hydrogen) atoms. The maximum Gasteiger partial charge on any atom is 0.337 e. The lowest BCUT2D eigenvalue weighted by atomic mass is 9.94. The average Bonchev–Trinajstić information content (AvgIpc) is 2.90. The highest BCUT2D eigenvalue weighted by Crippen LogP contribution is 2.40. The first-order valence-electron chi connectivity index (χ1n) is 7.58. The van der Waals surface area contributed by atoms with Crippen LogP contribution in [0.25, 0.3) is 0 Å². The molecule has 2 aliphatic rings. The van der Waals surface area contributed by atoms with Crippen LogP contribution in [-0.2, 0) is 19.0 Å². The summed E-state index contributed by atoms with van der Waals surface area (Å²) in [6, 6.07) is 0. The highest BCUT2D eigenvalue weighted by molar-refractivity contribution is 7.24. The minimum atomic E-state index is -0.386. The van der Waals surface area contributed by atoms with Crippen molar-refractivity contribution < 1.29 is 19.0 Å². The molecule has 4 nitrogen and oxygen atoms in total. The predicted molar refractivity (Wildman–Crippen MR) is 84.8 cm³/mol. The van der Waals surface area contributed by atoms with E-state index in [1.165, 1.54) is 13.5 Å². The van der Waals surface area contributed by atoms with Crippen LogP contribution in [0.3, 0.4) is 0 Å². The van der Waals surface area contributed by atoms with Crippen LogP contribution in [-0.4, -0.2) is 31.6 Å². The first-order chi connectivity index (χ1) is 10.1. The molecule has 1 aliphatic heterocycles. The van der Waals surface area contributed by atoms with Crippen LogP contribution in [0.5, 0.6) is 0 Å². The third-order valence-corrected chi connectivity index (χ3v) is 4.65. The van der Waals surface area contributed by atoms with Gasteiger partial charge >= 0.3 is 5.97 Å². The van der Waals surface area contributed by atoms with Gasteiger partial charge in [-0.3, -0.25) is 0 Å². The Labute approximate surface area is 129 Å². The molecule has 3 atom stereocenters. The van der Waals surface area contributed by atoms with Crippen LogP contribution in [0.2, 0.25) is 0 Å². The normalized spacial score (nSPS) is 26.6. The molecule has 1 aliphatic carbocycles. The molecule has 0 bridgehead atoms. The highest BCUT2D eigenvalue weighted by atomic mass is 31.0. The summed E-state index contributed by atoms with van der Waals surface area (Å²) in [4.78, 5) is 11.6. The van der Waals surface area contributed by atoms with Gasteiger partial charge in [0.1, 0.15) is 0 Å². The van der Waals surface area contributed by atoms with Crippen molar-refractivity contribution in [2.24, 2.45) is 5.92 Å². The summed E-state index contributed by atoms with van der Waals surface area (Å²) in [5, 5.41) is 0.526. The van der Waals surface area contributed by atoms with Gasteiger partial charge in [-0.2, -0.15) is 0 Å². The molecule has 2 fully saturated rings. The Kier molecular flexibility index (Phi) is 5.98. The van der Waals surface area contributed by atoms with Gasteiger partial charge in [0.2, 0.25) is 0 Å². The van der Waals surface area contributed by atoms with Gasteiger partial charge in [-0.05, 0) is 19.3 Å². The van der Waals surface area contributed by atoms with Crippen molar-refractivity contribution in [1.82, 2.24) is 0 Å². The second kappa shape index (κ2) is 7.53. The third-order valence-electron chi connectivity index (χ3n) is 4.22. The second-order valence-corrected chi connectivity index (χ2v) is 6.36. The summed E-state index contributed by atoms with van der Waals surface area (Å²) < 4.78 is 17.0. The molecule has 5 heteroatoms. The van der Waals surface area contributed by atoms with E-state index < -0.39 is 0 Å². The van der Waals surface area contributed by atoms with Crippen molar-refractivity contribution >= 4 is 15.2 Å². The minimum absolute atomic E-state index is 0.0266. The number of methoxy groups -OCH3 is 1. The fourth-order valence-corrected chi connectivity index (χ4v) is 3.44. The number of ether oxygens (including phenoxy) is 3. The molecule has 1 saturated heterocycles. The summed E-state index contributed by atoms with van der Waals surface area (Å²) in [7, 11) is 3.82. The minimum Gasteiger partial charge on any atom is -0.465 e. The van der Waals surface area contributed by atoms with E-state index in [2.05, 4.69) is 15.8 Å². The van der Waals surface area contributed by atoms with Gasteiger partial charge in [0.25, 0.3) is 0 Å². The fourth-order valence-electron chi connectivity index (χ4n) is 3.08. The van der Waals surface area contributed by atoms with Gasteiger partial charge in [-0.15, -0.1) is 6.58 Å². The third kappa shape index (κ3) is 4.15. The van der Waals surface area contributed by atoms with Crippen LogP contribution in [0.4, 0.5) is 0 Å². The Hall–Kier alpha value is -0.700. The lowest BCUT2D eigenvalue weighted by molar-refractivity contribution is -0.190. The topological polar surface area (TPSA) is 44.8 Å². The molecule has 1 heterocycles. The summed E-state index contributed by atoms with van der Waals surface area (Å²) in [5.74, 6) is -0.640. The zero-order valence-electron chi connectivity index (χ0n) is 12.7. The molecule has 1 spiro atoms. The largest absolute Gasteiger partial charge is 0.465 e. The number of allylic oxidation sites excluding steroid dienone is 1. The van der Waals surface area contributed by atoms with E-state index in [0.717, 1.165) is 32.1 Å². The van der Waals surface area contributed by atoms with E-state index in [9.17, 15) is 4.79 Å². The highest BCUT2D eigenvalue weighted by Gasteiger charge is 2.44. The zero-order chi connectivity index (χ0) is 15.3. The van der Waals surface area contributed by atoms with E-state index in [1.807, 2.05) is 12.2 Å². The number of hydrogen-bond acceptors (Lipinski definition) is 4. The van der Waals surface area contributed by atoms with Crippen LogP contribution >= 0.6 is 9.24 Å². The van der Waals surface area contributed by atoms with Crippen molar-refractivity contribution in [3.63, 3.8) is 0 Å². The van der Waals surface area contributed by atoms with Gasteiger partial charge in [-0.1, -0.05) is 27.8 Å². The molecule has 0 aromatic heterocycles. The zero-order valence-corrected chi connectivity index (χ0v) is 13.8. The van der Waals surface area contributed by atoms with E-state index in [1.54, 1.807) is 0 Å². The molecule has 0 N–H and O–H groups in total. The summed E-state index contributed by atoms with van der Waals surface area (Å²) in [6.07, 6.45) is 9.99. The summed E-state index contributed by atoms with van der Waals surface area (Å²) in [5.41, 5.74) is 0. The molecular weight excluding hydrogens is 287 g/mol. The van der Waals surface area contributed by atoms with E-state index in [-0.39, 0.29) is 23.8 Å². The Morgan fingerprint density at radius 2 is 2.19 bits per heavy atom. The van der Waals surface area contributed by atoms with Crippen molar-refractivity contribution in [3.05, 3.63) is 24.0 Å². The Balaban J connectivity index is 2.05. The molecule has 1 saturated carbocycles. The number of esters is 1. The second-order valence-electron chi connectivity index (χ2n) is 5.74. The van der Waals surface area contributed by atoms with Gasteiger partial charge in [0.05, 0.1) is 25.1 Å². The molecule has 118 valence electrons. The molecule has 0 amide bonds. The smallest absolute Gasteiger partial charge is 0.337 e. The van der Waals surface area contributed by atoms with Crippen LogP contribution in [0.1, 0.15) is 38.5 Å². The molecule has 0 radical (unpaired) electrons. The Bertz CT molecular complexity index is 413. The van der Waals surface area contributed by atoms with Crippen molar-refractivity contribution in [2.45, 2.75) is 50.4 Å². The summed E-state index contributed by atoms with van der Waals surface area (Å²) >= 11 is 0. The number of rotatable bonds is 5. The molecule has 0 aromatic carbocycles. The van der Waals surface area contributed by atoms with E-state index in [4.69, 9.17) is 14.2 Å². The summed E-state index contributed by atoms with van der Waals surface area (Å²) in [6.45, 7) is 4.38. The van der Waals surface area contributed by atoms with Gasteiger partial charge in [0.15, 0.2) is 5.79 Å². The monoisotopic (exact) mass is 312 g/mol. The van der Waals surface area contributed by atoms with Crippen molar-refractivity contribution in [1.29, 1.82) is 0 Å². The lowest BCUT2D eigenvalue weighted by Crippen LogP contribution is -2.34. The predicted octanol–water partition coefficient (Wildman–Crippen LogP) is 3.19. The van der Waals surface area contributed by atoms with Gasteiger partial charge < -0.3 is 14.2 Å². The van der Waals surface area contributed by atoms with E-state index >= 15 is 0 Å². The van der Waals surface area contributed by atoms with Crippen LogP contribution in [0, 0.1) is 5.92 Å². The number of carbonyl (C=O) groups is 1. The number of hydrogen-bond donors (Lipinski definition) is 0. The maximum atomic E-state index is 11.6. The molecule has 0 aromatic rings. The maximum absolute atomic E-state index is 11.6. The molecular formula is C16H25O4P. The van der Waals surface area contributed by atoms with E-state index in [0.29, 0.717) is 11.9 Å². The Morgan fingerprint density at radius 1 is 1.48 bits per heavy atom. The number of carbonyl (C=O) groups excluding carboxylic acids is 1. The van der Waals surface area contributed by atoms with Crippen LogP contribution < -0.4 is 0 Å². The standard InChI is InChI=1S/C16H25O4P/c1-3-7-12(10-14(21)15(17)18-2)13-11-19-16(20-13)8-5-4-6-9-16/h3,10,12-13H,1,4-9,11,21H2,2H3/b14-10+.